The van der Waals surface area contributed by atoms with Gasteiger partial charge in [-0.05, 0) is 12.1 Å². The first-order valence-corrected chi connectivity index (χ1v) is 9.25. The molecule has 0 spiro atoms. The van der Waals surface area contributed by atoms with E-state index >= 15 is 0 Å². The van der Waals surface area contributed by atoms with E-state index in [-0.39, 0.29) is 0 Å². The Hall–Kier alpha value is -0.980. The Bertz CT molecular complexity index is 493. The van der Waals surface area contributed by atoms with Gasteiger partial charge in [0.1, 0.15) is 14.0 Å². The van der Waals surface area contributed by atoms with Crippen molar-refractivity contribution in [3.8, 4) is 0 Å². The van der Waals surface area contributed by atoms with Crippen LogP contribution in [0.5, 0.6) is 0 Å². The third kappa shape index (κ3) is 4.52. The quantitative estimate of drug-likeness (QED) is 0.449. The molecule has 0 aliphatic carbocycles. The standard InChI is InChI=1S/C15H25N4O3P/c1-17(2)16-13-14-3-4-15(22-14)23(18-5-9-20-10-6-18)19-7-11-21-12-8-19/h3-4,13H,5-12H2,1-2H3/b16-13-. The molecular formula is C15H25N4O3P. The molecule has 128 valence electrons. The van der Waals surface area contributed by atoms with Crippen molar-refractivity contribution in [3.63, 3.8) is 0 Å². The first-order chi connectivity index (χ1) is 11.2. The third-order valence-electron chi connectivity index (χ3n) is 3.74. The van der Waals surface area contributed by atoms with Gasteiger partial charge in [0.15, 0.2) is 5.50 Å². The maximum Gasteiger partial charge on any atom is 0.157 e. The maximum atomic E-state index is 6.09. The number of hydrogen-bond acceptors (Lipinski definition) is 7. The van der Waals surface area contributed by atoms with Gasteiger partial charge in [-0.1, -0.05) is 0 Å². The first kappa shape index (κ1) is 16.9. The van der Waals surface area contributed by atoms with Crippen molar-refractivity contribution in [1.29, 1.82) is 0 Å². The minimum absolute atomic E-state index is 0.633. The van der Waals surface area contributed by atoms with Gasteiger partial charge < -0.3 is 18.9 Å². The van der Waals surface area contributed by atoms with Crippen LogP contribution in [0.4, 0.5) is 0 Å². The molecule has 0 unspecified atom stereocenters. The lowest BCUT2D eigenvalue weighted by Crippen LogP contribution is -2.43. The second-order valence-corrected chi connectivity index (χ2v) is 7.84. The maximum absolute atomic E-state index is 6.09. The molecule has 2 aliphatic rings. The van der Waals surface area contributed by atoms with E-state index in [9.17, 15) is 0 Å². The molecule has 0 aromatic carbocycles. The molecule has 3 heterocycles. The molecule has 2 saturated heterocycles. The third-order valence-corrected chi connectivity index (χ3v) is 6.24. The van der Waals surface area contributed by atoms with Crippen LogP contribution in [0.3, 0.4) is 0 Å². The van der Waals surface area contributed by atoms with Crippen LogP contribution in [0.1, 0.15) is 5.76 Å². The van der Waals surface area contributed by atoms with Crippen molar-refractivity contribution in [2.24, 2.45) is 5.10 Å². The summed E-state index contributed by atoms with van der Waals surface area (Å²) in [6.45, 7) is 6.96. The van der Waals surface area contributed by atoms with Crippen LogP contribution in [0, 0.1) is 0 Å². The van der Waals surface area contributed by atoms with E-state index in [2.05, 4.69) is 20.5 Å². The van der Waals surface area contributed by atoms with Gasteiger partial charge in [0.2, 0.25) is 0 Å². The molecule has 0 amide bonds. The van der Waals surface area contributed by atoms with Gasteiger partial charge in [0.05, 0.1) is 32.6 Å². The molecular weight excluding hydrogens is 315 g/mol. The van der Waals surface area contributed by atoms with Crippen LogP contribution >= 0.6 is 8.22 Å². The van der Waals surface area contributed by atoms with Gasteiger partial charge in [-0.3, -0.25) is 9.34 Å². The van der Waals surface area contributed by atoms with Gasteiger partial charge in [0.25, 0.3) is 0 Å². The summed E-state index contributed by atoms with van der Waals surface area (Å²) in [5.74, 6) is 0.794. The summed E-state index contributed by atoms with van der Waals surface area (Å²) in [6, 6.07) is 4.09. The van der Waals surface area contributed by atoms with E-state index in [1.807, 2.05) is 20.2 Å². The van der Waals surface area contributed by atoms with Crippen molar-refractivity contribution >= 4 is 19.9 Å². The largest absolute Gasteiger partial charge is 0.453 e. The summed E-state index contributed by atoms with van der Waals surface area (Å²) < 4.78 is 22.1. The Morgan fingerprint density at radius 3 is 2.09 bits per heavy atom. The molecule has 8 heteroatoms. The normalized spacial score (nSPS) is 21.3. The average Bonchev–Trinajstić information content (AvgIpc) is 3.04. The number of nitrogens with zero attached hydrogens (tertiary/aromatic N) is 4. The van der Waals surface area contributed by atoms with Crippen LogP contribution in [0.15, 0.2) is 21.7 Å². The van der Waals surface area contributed by atoms with Gasteiger partial charge in [0, 0.05) is 40.3 Å². The number of furan rings is 1. The summed E-state index contributed by atoms with van der Waals surface area (Å²) in [6.07, 6.45) is 1.76. The summed E-state index contributed by atoms with van der Waals surface area (Å²) in [4.78, 5) is 0. The molecule has 0 saturated carbocycles. The Morgan fingerprint density at radius 2 is 1.57 bits per heavy atom. The summed E-state index contributed by atoms with van der Waals surface area (Å²) in [7, 11) is 3.16. The molecule has 1 aromatic rings. The lowest BCUT2D eigenvalue weighted by atomic mass is 10.5. The van der Waals surface area contributed by atoms with Crippen LogP contribution in [0.2, 0.25) is 0 Å². The summed E-state index contributed by atoms with van der Waals surface area (Å²) in [5, 5.41) is 6.01. The van der Waals surface area contributed by atoms with E-state index in [1.54, 1.807) is 11.2 Å². The van der Waals surface area contributed by atoms with E-state index in [0.29, 0.717) is 0 Å². The zero-order valence-corrected chi connectivity index (χ0v) is 14.7. The molecule has 0 N–H and O–H groups in total. The van der Waals surface area contributed by atoms with Crippen LogP contribution in [-0.2, 0) is 9.47 Å². The zero-order chi connectivity index (χ0) is 16.1. The molecule has 3 rings (SSSR count). The van der Waals surface area contributed by atoms with Gasteiger partial charge in [-0.15, -0.1) is 0 Å². The zero-order valence-electron chi connectivity index (χ0n) is 13.8. The highest BCUT2D eigenvalue weighted by molar-refractivity contribution is 7.60. The predicted molar refractivity (Wildman–Crippen MR) is 91.3 cm³/mol. The van der Waals surface area contributed by atoms with E-state index in [1.165, 1.54) is 0 Å². The minimum atomic E-state index is -0.633. The predicted octanol–water partition coefficient (Wildman–Crippen LogP) is 0.777. The van der Waals surface area contributed by atoms with Crippen molar-refractivity contribution < 1.29 is 13.9 Å². The topological polar surface area (TPSA) is 53.7 Å². The first-order valence-electron chi connectivity index (χ1n) is 8.00. The van der Waals surface area contributed by atoms with Crippen molar-refractivity contribution in [2.75, 3.05) is 66.7 Å². The van der Waals surface area contributed by atoms with E-state index in [4.69, 9.17) is 13.9 Å². The molecule has 1 aromatic heterocycles. The Labute approximate surface area is 138 Å². The Kier molecular flexibility index (Phi) is 6.02. The number of ether oxygens (including phenoxy) is 2. The fourth-order valence-corrected chi connectivity index (χ4v) is 5.03. The molecule has 7 nitrogen and oxygen atoms in total. The number of hydrogen-bond donors (Lipinski definition) is 0. The van der Waals surface area contributed by atoms with Crippen molar-refractivity contribution in [1.82, 2.24) is 14.3 Å². The Morgan fingerprint density at radius 1 is 1.00 bits per heavy atom. The van der Waals surface area contributed by atoms with E-state index in [0.717, 1.165) is 63.9 Å². The molecule has 0 atom stereocenters. The lowest BCUT2D eigenvalue weighted by Gasteiger charge is -2.40. The van der Waals surface area contributed by atoms with Gasteiger partial charge >= 0.3 is 0 Å². The lowest BCUT2D eigenvalue weighted by molar-refractivity contribution is 0.0590. The second kappa shape index (κ2) is 8.22. The smallest absolute Gasteiger partial charge is 0.157 e. The molecule has 2 fully saturated rings. The molecule has 23 heavy (non-hydrogen) atoms. The number of hydrazone groups is 1. The SMILES string of the molecule is CN(C)/N=C\c1ccc(P(N2CCOCC2)N2CCOCC2)o1. The van der Waals surface area contributed by atoms with Crippen molar-refractivity contribution in [3.05, 3.63) is 17.9 Å². The summed E-state index contributed by atoms with van der Waals surface area (Å²) >= 11 is 0. The highest BCUT2D eigenvalue weighted by Crippen LogP contribution is 2.44. The monoisotopic (exact) mass is 340 g/mol. The minimum Gasteiger partial charge on any atom is -0.453 e. The van der Waals surface area contributed by atoms with Gasteiger partial charge in [-0.25, -0.2) is 0 Å². The van der Waals surface area contributed by atoms with E-state index < -0.39 is 8.22 Å². The highest BCUT2D eigenvalue weighted by Gasteiger charge is 2.32. The second-order valence-electron chi connectivity index (χ2n) is 5.69. The Balaban J connectivity index is 1.79. The fraction of sp³-hybridized carbons (Fsp3) is 0.667. The number of morpholine rings is 2. The number of rotatable bonds is 5. The molecule has 2 aliphatic heterocycles. The van der Waals surface area contributed by atoms with Gasteiger partial charge in [-0.2, -0.15) is 5.10 Å². The van der Waals surface area contributed by atoms with Crippen LogP contribution in [0.25, 0.3) is 0 Å². The average molecular weight is 340 g/mol. The van der Waals surface area contributed by atoms with Crippen LogP contribution in [-0.4, -0.2) is 87.3 Å². The highest BCUT2D eigenvalue weighted by atomic mass is 31.1. The van der Waals surface area contributed by atoms with Crippen molar-refractivity contribution in [2.45, 2.75) is 0 Å². The fourth-order valence-electron chi connectivity index (χ4n) is 2.64. The summed E-state index contributed by atoms with van der Waals surface area (Å²) in [5.41, 5.74) is 1.03. The molecule has 0 bridgehead atoms. The van der Waals surface area contributed by atoms with Crippen LogP contribution < -0.4 is 5.50 Å². The molecule has 0 radical (unpaired) electrons.